The molecule has 3 saturated heterocycles. The highest BCUT2D eigenvalue weighted by atomic mass is 35.5. The van der Waals surface area contributed by atoms with Crippen LogP contribution in [0.25, 0.3) is 0 Å². The quantitative estimate of drug-likeness (QED) is 0.358. The fourth-order valence-corrected chi connectivity index (χ4v) is 3.38. The largest absolute Gasteiger partial charge is 0.434 e. The zero-order valence-electron chi connectivity index (χ0n) is 11.7. The Balaban J connectivity index is 1.47. The van der Waals surface area contributed by atoms with Gasteiger partial charge in [-0.1, -0.05) is 0 Å². The van der Waals surface area contributed by atoms with Crippen molar-refractivity contribution in [3.63, 3.8) is 0 Å². The molecule has 3 rings (SSSR count). The average molecular weight is 320 g/mol. The van der Waals surface area contributed by atoms with E-state index in [9.17, 15) is 15.3 Å². The van der Waals surface area contributed by atoms with Gasteiger partial charge in [0, 0.05) is 6.00 Å². The first-order chi connectivity index (χ1) is 9.98. The summed E-state index contributed by atoms with van der Waals surface area (Å²) in [5.41, 5.74) is -1.03. The molecule has 0 aromatic heterocycles. The summed E-state index contributed by atoms with van der Waals surface area (Å²) in [6.45, 7) is 0.0717. The number of rotatable bonds is 5. The van der Waals surface area contributed by atoms with E-state index < -0.39 is 41.4 Å². The van der Waals surface area contributed by atoms with Crippen LogP contribution in [0.3, 0.4) is 0 Å². The molecule has 3 heterocycles. The van der Waals surface area contributed by atoms with Gasteiger partial charge in [-0.25, -0.2) is 0 Å². The van der Waals surface area contributed by atoms with Crippen LogP contribution in [-0.4, -0.2) is 97.9 Å². The van der Waals surface area contributed by atoms with E-state index in [1.807, 2.05) is 0 Å². The van der Waals surface area contributed by atoms with Crippen molar-refractivity contribution in [2.24, 2.45) is 0 Å². The van der Waals surface area contributed by atoms with Crippen molar-refractivity contribution in [2.45, 2.75) is 47.4 Å². The maximum atomic E-state index is 10.0. The van der Waals surface area contributed by atoms with Crippen molar-refractivity contribution in [1.82, 2.24) is 0 Å². The number of alkyl halides is 1. The lowest BCUT2D eigenvalue weighted by Crippen LogP contribution is -2.45. The monoisotopic (exact) mass is 320 g/mol. The lowest BCUT2D eigenvalue weighted by atomic mass is 9.85. The molecular formula is C11H19B2ClO7. The Labute approximate surface area is 129 Å². The summed E-state index contributed by atoms with van der Waals surface area (Å²) in [6.07, 6.45) is -2.59. The van der Waals surface area contributed by atoms with E-state index in [1.165, 1.54) is 0 Å². The van der Waals surface area contributed by atoms with Crippen molar-refractivity contribution in [3.05, 3.63) is 0 Å². The van der Waals surface area contributed by atoms with Gasteiger partial charge in [0.2, 0.25) is 0 Å². The lowest BCUT2D eigenvalue weighted by molar-refractivity contribution is -0.140. The second-order valence-electron chi connectivity index (χ2n) is 5.95. The van der Waals surface area contributed by atoms with Gasteiger partial charge in [-0.2, -0.15) is 0 Å². The molecule has 0 amide bonds. The van der Waals surface area contributed by atoms with Crippen molar-refractivity contribution in [1.29, 1.82) is 0 Å². The van der Waals surface area contributed by atoms with E-state index in [0.717, 1.165) is 0 Å². The highest BCUT2D eigenvalue weighted by Crippen LogP contribution is 2.39. The molecule has 0 spiro atoms. The van der Waals surface area contributed by atoms with Gasteiger partial charge in [0.05, 0.1) is 31.2 Å². The van der Waals surface area contributed by atoms with E-state index >= 15 is 0 Å². The highest BCUT2D eigenvalue weighted by molar-refractivity contribution is 6.29. The molecule has 3 N–H and O–H groups in total. The van der Waals surface area contributed by atoms with Gasteiger partial charge < -0.3 is 34.2 Å². The summed E-state index contributed by atoms with van der Waals surface area (Å²) >= 11 is 5.99. The van der Waals surface area contributed by atoms with E-state index in [4.69, 9.17) is 30.5 Å². The standard InChI is InChI=1S/C11H19B2ClO7/c12-9-5(14)6(16)4(20-9)1-19-13-10-7-8(17)11(2-15,21-10)3-18-7/h4-10,13,15-17H,1-3,12H2/t4-,5-,6-,7-,8+,9-,10-,11+/m1/s1. The first kappa shape index (κ1) is 16.0. The van der Waals surface area contributed by atoms with Crippen LogP contribution in [-0.2, 0) is 18.9 Å². The Morgan fingerprint density at radius 3 is 2.76 bits per heavy atom. The van der Waals surface area contributed by atoms with Gasteiger partial charge in [-0.05, 0) is 0 Å². The summed E-state index contributed by atoms with van der Waals surface area (Å²) in [5.74, 6) is 0. The minimum Gasteiger partial charge on any atom is -0.434 e. The van der Waals surface area contributed by atoms with Crippen LogP contribution < -0.4 is 0 Å². The van der Waals surface area contributed by atoms with E-state index in [2.05, 4.69) is 0 Å². The van der Waals surface area contributed by atoms with Crippen LogP contribution in [0.1, 0.15) is 0 Å². The molecule has 0 radical (unpaired) electrons. The Morgan fingerprint density at radius 2 is 2.19 bits per heavy atom. The average Bonchev–Trinajstić information content (AvgIpc) is 3.03. The fraction of sp³-hybridized carbons (Fsp3) is 1.00. The number of fused-ring (bicyclic) bond motifs is 2. The van der Waals surface area contributed by atoms with Crippen molar-refractivity contribution < 1.29 is 34.2 Å². The number of aliphatic hydroxyl groups is 3. The molecule has 0 aliphatic carbocycles. The van der Waals surface area contributed by atoms with Crippen LogP contribution in [0, 0.1) is 0 Å². The SMILES string of the molecule is B[C@@H]1O[C@H](COB[C@@H]2O[C@@]3(CO)CO[C@@H]2[C@@H]3O)[C@@H](O)[C@H]1Cl. The summed E-state index contributed by atoms with van der Waals surface area (Å²) in [4.78, 5) is 0. The predicted molar refractivity (Wildman–Crippen MR) is 76.4 cm³/mol. The number of halogens is 1. The molecular weight excluding hydrogens is 301 g/mol. The number of hydrogen-bond donors (Lipinski definition) is 3. The molecule has 21 heavy (non-hydrogen) atoms. The summed E-state index contributed by atoms with van der Waals surface area (Å²) < 4.78 is 22.1. The molecule has 3 aliphatic heterocycles. The predicted octanol–water partition coefficient (Wildman–Crippen LogP) is -3.47. The fourth-order valence-electron chi connectivity index (χ4n) is 3.15. The van der Waals surface area contributed by atoms with Crippen LogP contribution >= 0.6 is 11.6 Å². The van der Waals surface area contributed by atoms with E-state index in [-0.39, 0.29) is 33.3 Å². The first-order valence-corrected chi connectivity index (χ1v) is 7.56. The van der Waals surface area contributed by atoms with Crippen molar-refractivity contribution in [3.8, 4) is 0 Å². The van der Waals surface area contributed by atoms with Gasteiger partial charge in [0.15, 0.2) is 0 Å². The number of hydrogen-bond acceptors (Lipinski definition) is 7. The molecule has 0 saturated carbocycles. The molecule has 118 valence electrons. The third-order valence-electron chi connectivity index (χ3n) is 4.50. The molecule has 3 aliphatic rings. The van der Waals surface area contributed by atoms with Crippen LogP contribution in [0.5, 0.6) is 0 Å². The minimum atomic E-state index is -1.03. The van der Waals surface area contributed by atoms with Crippen LogP contribution in [0.15, 0.2) is 0 Å². The molecule has 0 aromatic carbocycles. The Bertz CT molecular complexity index is 392. The molecule has 10 heteroatoms. The lowest BCUT2D eigenvalue weighted by Gasteiger charge is -2.28. The maximum absolute atomic E-state index is 10.0. The molecule has 0 unspecified atom stereocenters. The second kappa shape index (κ2) is 5.97. The highest BCUT2D eigenvalue weighted by Gasteiger charge is 2.61. The van der Waals surface area contributed by atoms with Crippen molar-refractivity contribution in [2.75, 3.05) is 19.8 Å². The molecule has 8 atom stereocenters. The molecule has 3 fully saturated rings. The summed E-state index contributed by atoms with van der Waals surface area (Å²) in [6, 6.07) is -0.666. The zero-order valence-corrected chi connectivity index (χ0v) is 12.5. The Kier molecular flexibility index (Phi) is 4.56. The normalized spacial score (nSPS) is 52.5. The zero-order chi connectivity index (χ0) is 15.2. The van der Waals surface area contributed by atoms with Crippen LogP contribution in [0.4, 0.5) is 0 Å². The molecule has 7 nitrogen and oxygen atoms in total. The smallest absolute Gasteiger partial charge is 0.307 e. The maximum Gasteiger partial charge on any atom is 0.307 e. The topological polar surface area (TPSA) is 97.6 Å². The van der Waals surface area contributed by atoms with Gasteiger partial charge in [-0.15, -0.1) is 11.6 Å². The number of aliphatic hydroxyl groups excluding tert-OH is 3. The Morgan fingerprint density at radius 1 is 1.43 bits per heavy atom. The molecule has 2 bridgehead atoms. The first-order valence-electron chi connectivity index (χ1n) is 7.12. The van der Waals surface area contributed by atoms with Gasteiger partial charge in [-0.3, -0.25) is 0 Å². The van der Waals surface area contributed by atoms with Gasteiger partial charge in [0.1, 0.15) is 37.9 Å². The third-order valence-corrected chi connectivity index (χ3v) is 5.11. The summed E-state index contributed by atoms with van der Waals surface area (Å²) in [5, 5.41) is 28.8. The van der Waals surface area contributed by atoms with E-state index in [0.29, 0.717) is 0 Å². The second-order valence-corrected chi connectivity index (χ2v) is 6.46. The minimum absolute atomic E-state index is 0.182. The van der Waals surface area contributed by atoms with Crippen LogP contribution in [0.2, 0.25) is 0 Å². The molecule has 0 aromatic rings. The van der Waals surface area contributed by atoms with Crippen molar-refractivity contribution >= 4 is 26.9 Å². The summed E-state index contributed by atoms with van der Waals surface area (Å²) in [7, 11) is 1.99. The van der Waals surface area contributed by atoms with Gasteiger partial charge >= 0.3 is 7.48 Å². The Hall–Kier alpha value is 0.140. The van der Waals surface area contributed by atoms with E-state index in [1.54, 1.807) is 7.85 Å². The number of ether oxygens (including phenoxy) is 3. The van der Waals surface area contributed by atoms with Gasteiger partial charge in [0.25, 0.3) is 0 Å². The third kappa shape index (κ3) is 2.64.